The zero-order valence-corrected chi connectivity index (χ0v) is 9.33. The first-order valence-corrected chi connectivity index (χ1v) is 5.88. The van der Waals surface area contributed by atoms with E-state index in [1.807, 2.05) is 0 Å². The van der Waals surface area contributed by atoms with Crippen LogP contribution in [0.5, 0.6) is 11.5 Å². The minimum atomic E-state index is -0.190. The first-order chi connectivity index (χ1) is 8.22. The molecule has 1 saturated carbocycles. The maximum Gasteiger partial charge on any atom is 0.314 e. The van der Waals surface area contributed by atoms with Gasteiger partial charge in [0.2, 0.25) is 0 Å². The van der Waals surface area contributed by atoms with Crippen molar-refractivity contribution in [2.45, 2.75) is 31.5 Å². The lowest BCUT2D eigenvalue weighted by Crippen LogP contribution is -2.25. The Bertz CT molecular complexity index is 426. The van der Waals surface area contributed by atoms with Gasteiger partial charge in [-0.2, -0.15) is 0 Å². The molecule has 17 heavy (non-hydrogen) atoms. The Kier molecular flexibility index (Phi) is 2.52. The number of esters is 1. The number of fused-ring (bicyclic) bond motifs is 1. The van der Waals surface area contributed by atoms with Gasteiger partial charge in [0.25, 0.3) is 0 Å². The summed E-state index contributed by atoms with van der Waals surface area (Å²) >= 11 is 0. The van der Waals surface area contributed by atoms with Crippen LogP contribution in [0.4, 0.5) is 0 Å². The molecule has 0 spiro atoms. The average molecular weight is 234 g/mol. The molecule has 2 aliphatic rings. The summed E-state index contributed by atoms with van der Waals surface area (Å²) in [4.78, 5) is 11.9. The molecule has 0 radical (unpaired) electrons. The van der Waals surface area contributed by atoms with Crippen LogP contribution in [-0.4, -0.2) is 23.3 Å². The highest BCUT2D eigenvalue weighted by Gasteiger charge is 2.46. The van der Waals surface area contributed by atoms with Crippen LogP contribution in [-0.2, 0) is 9.53 Å². The van der Waals surface area contributed by atoms with Crippen LogP contribution in [0, 0.1) is 5.92 Å². The largest absolute Gasteiger partial charge is 0.508 e. The molecule has 1 aromatic rings. The minimum absolute atomic E-state index is 0.0486. The van der Waals surface area contributed by atoms with Crippen molar-refractivity contribution in [2.75, 3.05) is 0 Å². The molecule has 1 aliphatic carbocycles. The minimum Gasteiger partial charge on any atom is -0.508 e. The molecule has 3 rings (SSSR count). The molecule has 3 unspecified atom stereocenters. The van der Waals surface area contributed by atoms with Gasteiger partial charge in [-0.15, -0.1) is 0 Å². The van der Waals surface area contributed by atoms with Crippen LogP contribution in [0.2, 0.25) is 0 Å². The number of rotatable bonds is 2. The third-order valence-electron chi connectivity index (χ3n) is 3.39. The second-order valence-electron chi connectivity index (χ2n) is 4.64. The van der Waals surface area contributed by atoms with Gasteiger partial charge in [0.15, 0.2) is 0 Å². The lowest BCUT2D eigenvalue weighted by molar-refractivity contribution is -0.139. The Morgan fingerprint density at radius 1 is 1.24 bits per heavy atom. The number of phenolic OH excluding ortho intramolecular Hbond substituents is 1. The Labute approximate surface area is 99.2 Å². The lowest BCUT2D eigenvalue weighted by Gasteiger charge is -2.17. The van der Waals surface area contributed by atoms with E-state index in [0.29, 0.717) is 11.9 Å². The predicted octanol–water partition coefficient (Wildman–Crippen LogP) is 1.87. The molecule has 1 aromatic carbocycles. The van der Waals surface area contributed by atoms with Crippen molar-refractivity contribution >= 4 is 5.97 Å². The molecular weight excluding hydrogens is 220 g/mol. The zero-order valence-electron chi connectivity index (χ0n) is 9.33. The van der Waals surface area contributed by atoms with Crippen LogP contribution in [0.15, 0.2) is 24.3 Å². The molecule has 1 N–H and O–H groups in total. The number of hydrogen-bond acceptors (Lipinski definition) is 4. The predicted molar refractivity (Wildman–Crippen MR) is 59.7 cm³/mol. The number of carbonyl (C=O) groups excluding carboxylic acids is 1. The van der Waals surface area contributed by atoms with Crippen molar-refractivity contribution in [3.63, 3.8) is 0 Å². The van der Waals surface area contributed by atoms with Crippen molar-refractivity contribution in [1.29, 1.82) is 0 Å². The number of aromatic hydroxyl groups is 1. The highest BCUT2D eigenvalue weighted by molar-refractivity contribution is 5.75. The van der Waals surface area contributed by atoms with E-state index in [9.17, 15) is 4.79 Å². The second-order valence-corrected chi connectivity index (χ2v) is 4.64. The Hall–Kier alpha value is -1.55. The number of benzene rings is 1. The van der Waals surface area contributed by atoms with Crippen molar-refractivity contribution in [2.24, 2.45) is 5.92 Å². The average Bonchev–Trinajstić information content (AvgIpc) is 3.10. The van der Waals surface area contributed by atoms with Crippen LogP contribution in [0.3, 0.4) is 0 Å². The first kappa shape index (κ1) is 10.6. The van der Waals surface area contributed by atoms with E-state index in [-0.39, 0.29) is 23.7 Å². The summed E-state index contributed by atoms with van der Waals surface area (Å²) in [6, 6.07) is 6.19. The lowest BCUT2D eigenvalue weighted by atomic mass is 9.89. The van der Waals surface area contributed by atoms with Crippen LogP contribution < -0.4 is 4.74 Å². The molecule has 0 bridgehead atoms. The molecule has 4 nitrogen and oxygen atoms in total. The van der Waals surface area contributed by atoms with Gasteiger partial charge in [-0.05, 0) is 43.5 Å². The van der Waals surface area contributed by atoms with Gasteiger partial charge in [-0.1, -0.05) is 0 Å². The number of phenols is 1. The fraction of sp³-hybridized carbons (Fsp3) is 0.462. The van der Waals surface area contributed by atoms with Gasteiger partial charge < -0.3 is 14.6 Å². The summed E-state index contributed by atoms with van der Waals surface area (Å²) in [5.41, 5.74) is 0. The molecule has 1 heterocycles. The number of epoxide rings is 1. The van der Waals surface area contributed by atoms with Crippen LogP contribution in [0.1, 0.15) is 19.3 Å². The summed E-state index contributed by atoms with van der Waals surface area (Å²) in [6.07, 6.45) is 3.26. The second kappa shape index (κ2) is 4.04. The summed E-state index contributed by atoms with van der Waals surface area (Å²) in [5, 5.41) is 9.12. The summed E-state index contributed by atoms with van der Waals surface area (Å²) < 4.78 is 10.7. The SMILES string of the molecule is O=C(Oc1ccc(O)cc1)C1CCC2OC2C1. The van der Waals surface area contributed by atoms with Crippen LogP contribution in [0.25, 0.3) is 0 Å². The molecule has 1 saturated heterocycles. The van der Waals surface area contributed by atoms with Gasteiger partial charge in [0.1, 0.15) is 11.5 Å². The highest BCUT2D eigenvalue weighted by atomic mass is 16.6. The smallest absolute Gasteiger partial charge is 0.314 e. The van der Waals surface area contributed by atoms with Crippen molar-refractivity contribution in [1.82, 2.24) is 0 Å². The molecule has 2 fully saturated rings. The van der Waals surface area contributed by atoms with Crippen LogP contribution >= 0.6 is 0 Å². The highest BCUT2D eigenvalue weighted by Crippen LogP contribution is 2.39. The summed E-state index contributed by atoms with van der Waals surface area (Å²) in [5.74, 6) is 0.403. The van der Waals surface area contributed by atoms with E-state index in [2.05, 4.69) is 0 Å². The molecule has 0 amide bonds. The Balaban J connectivity index is 1.60. The van der Waals surface area contributed by atoms with Gasteiger partial charge in [-0.3, -0.25) is 4.79 Å². The standard InChI is InChI=1S/C13H14O4/c14-9-2-4-10(5-3-9)16-13(15)8-1-6-11-12(7-8)17-11/h2-5,8,11-12,14H,1,6-7H2. The van der Waals surface area contributed by atoms with Gasteiger partial charge in [-0.25, -0.2) is 0 Å². The molecular formula is C13H14O4. The molecule has 1 aliphatic heterocycles. The van der Waals surface area contributed by atoms with Gasteiger partial charge in [0.05, 0.1) is 18.1 Å². The van der Waals surface area contributed by atoms with Crippen molar-refractivity contribution in [3.8, 4) is 11.5 Å². The van der Waals surface area contributed by atoms with Gasteiger partial charge in [0, 0.05) is 0 Å². The quantitative estimate of drug-likeness (QED) is 0.482. The molecule has 3 atom stereocenters. The fourth-order valence-electron chi connectivity index (χ4n) is 2.33. The molecule has 0 aromatic heterocycles. The number of hydrogen-bond donors (Lipinski definition) is 1. The Morgan fingerprint density at radius 2 is 2.00 bits per heavy atom. The van der Waals surface area contributed by atoms with Crippen molar-refractivity contribution < 1.29 is 19.4 Å². The maximum absolute atomic E-state index is 11.9. The van der Waals surface area contributed by atoms with E-state index in [0.717, 1.165) is 19.3 Å². The van der Waals surface area contributed by atoms with E-state index in [4.69, 9.17) is 14.6 Å². The first-order valence-electron chi connectivity index (χ1n) is 5.88. The van der Waals surface area contributed by atoms with Crippen molar-refractivity contribution in [3.05, 3.63) is 24.3 Å². The fourth-order valence-corrected chi connectivity index (χ4v) is 2.33. The summed E-state index contributed by atoms with van der Waals surface area (Å²) in [7, 11) is 0. The third kappa shape index (κ3) is 2.26. The topological polar surface area (TPSA) is 59.1 Å². The van der Waals surface area contributed by atoms with E-state index in [1.54, 1.807) is 12.1 Å². The maximum atomic E-state index is 11.9. The number of ether oxygens (including phenoxy) is 2. The summed E-state index contributed by atoms with van der Waals surface area (Å²) in [6.45, 7) is 0. The molecule has 4 heteroatoms. The van der Waals surface area contributed by atoms with Gasteiger partial charge >= 0.3 is 5.97 Å². The molecule has 90 valence electrons. The number of carbonyl (C=O) groups is 1. The zero-order chi connectivity index (χ0) is 11.8. The Morgan fingerprint density at radius 3 is 2.71 bits per heavy atom. The normalized spacial score (nSPS) is 30.5. The third-order valence-corrected chi connectivity index (χ3v) is 3.39. The van der Waals surface area contributed by atoms with E-state index >= 15 is 0 Å². The monoisotopic (exact) mass is 234 g/mol. The van der Waals surface area contributed by atoms with E-state index in [1.165, 1.54) is 12.1 Å². The van der Waals surface area contributed by atoms with E-state index < -0.39 is 0 Å².